The average molecular weight is 240 g/mol. The van der Waals surface area contributed by atoms with E-state index in [-0.39, 0.29) is 6.10 Å². The van der Waals surface area contributed by atoms with Gasteiger partial charge in [-0.1, -0.05) is 0 Å². The fourth-order valence-corrected chi connectivity index (χ4v) is 1.82. The first-order chi connectivity index (χ1) is 7.69. The van der Waals surface area contributed by atoms with Crippen molar-refractivity contribution < 1.29 is 19.1 Å². The smallest absolute Gasteiger partial charge is 0.341 e. The number of esters is 1. The lowest BCUT2D eigenvalue weighted by atomic mass is 10.0. The molecule has 1 atom stereocenters. The van der Waals surface area contributed by atoms with Gasteiger partial charge in [0.05, 0.1) is 5.60 Å². The second-order valence-electron chi connectivity index (χ2n) is 5.06. The van der Waals surface area contributed by atoms with E-state index in [0.717, 1.165) is 0 Å². The van der Waals surface area contributed by atoms with Crippen LogP contribution in [0.25, 0.3) is 0 Å². The number of aliphatic hydroxyl groups is 1. The van der Waals surface area contributed by atoms with Crippen molar-refractivity contribution in [3.63, 3.8) is 0 Å². The molecule has 0 radical (unpaired) electrons. The summed E-state index contributed by atoms with van der Waals surface area (Å²) in [6.07, 6.45) is 0.0614. The molecule has 1 aromatic rings. The highest BCUT2D eigenvalue weighted by Gasteiger charge is 2.22. The largest absolute Gasteiger partial charge is 0.466 e. The molecule has 1 aromatic heterocycles. The van der Waals surface area contributed by atoms with Crippen LogP contribution in [0, 0.1) is 13.8 Å². The zero-order valence-corrected chi connectivity index (χ0v) is 11.0. The first kappa shape index (κ1) is 13.8. The minimum atomic E-state index is -0.846. The topological polar surface area (TPSA) is 59.7 Å². The van der Waals surface area contributed by atoms with Crippen LogP contribution in [-0.4, -0.2) is 22.8 Å². The summed E-state index contributed by atoms with van der Waals surface area (Å²) in [5.74, 6) is 0.837. The highest BCUT2D eigenvalue weighted by molar-refractivity contribution is 5.90. The van der Waals surface area contributed by atoms with Crippen LogP contribution in [0.1, 0.15) is 49.1 Å². The Labute approximate surface area is 102 Å². The highest BCUT2D eigenvalue weighted by Crippen LogP contribution is 2.18. The number of furan rings is 1. The maximum atomic E-state index is 11.8. The molecule has 96 valence electrons. The normalized spacial score (nSPS) is 13.5. The van der Waals surface area contributed by atoms with Crippen molar-refractivity contribution in [1.82, 2.24) is 0 Å². The summed E-state index contributed by atoms with van der Waals surface area (Å²) in [7, 11) is 0. The number of hydrogen-bond donors (Lipinski definition) is 1. The average Bonchev–Trinajstić information content (AvgIpc) is 2.41. The molecule has 0 saturated carbocycles. The van der Waals surface area contributed by atoms with Crippen LogP contribution in [0.3, 0.4) is 0 Å². The summed E-state index contributed by atoms with van der Waals surface area (Å²) in [6.45, 7) is 8.64. The van der Waals surface area contributed by atoms with Gasteiger partial charge in [-0.25, -0.2) is 4.79 Å². The van der Waals surface area contributed by atoms with Crippen LogP contribution in [-0.2, 0) is 4.74 Å². The molecule has 0 unspecified atom stereocenters. The molecule has 0 aliphatic heterocycles. The molecule has 4 heteroatoms. The van der Waals surface area contributed by atoms with Gasteiger partial charge in [0.25, 0.3) is 0 Å². The maximum Gasteiger partial charge on any atom is 0.341 e. The summed E-state index contributed by atoms with van der Waals surface area (Å²) in [4.78, 5) is 11.8. The fraction of sp³-hybridized carbons (Fsp3) is 0.615. The van der Waals surface area contributed by atoms with Gasteiger partial charge in [-0.15, -0.1) is 0 Å². The molecule has 1 rings (SSSR count). The molecule has 17 heavy (non-hydrogen) atoms. The van der Waals surface area contributed by atoms with Gasteiger partial charge in [-0.05, 0) is 40.7 Å². The van der Waals surface area contributed by atoms with E-state index in [4.69, 9.17) is 9.15 Å². The Morgan fingerprint density at radius 2 is 2.12 bits per heavy atom. The number of hydrogen-bond acceptors (Lipinski definition) is 4. The van der Waals surface area contributed by atoms with Crippen molar-refractivity contribution in [3.05, 3.63) is 23.2 Å². The van der Waals surface area contributed by atoms with E-state index < -0.39 is 11.6 Å². The summed E-state index contributed by atoms with van der Waals surface area (Å²) < 4.78 is 10.5. The van der Waals surface area contributed by atoms with Crippen molar-refractivity contribution in [2.75, 3.05) is 0 Å². The molecule has 0 amide bonds. The van der Waals surface area contributed by atoms with Crippen molar-refractivity contribution >= 4 is 5.97 Å². The van der Waals surface area contributed by atoms with Crippen LogP contribution < -0.4 is 0 Å². The molecule has 0 spiro atoms. The van der Waals surface area contributed by atoms with Gasteiger partial charge in [0.15, 0.2) is 0 Å². The van der Waals surface area contributed by atoms with Crippen molar-refractivity contribution in [2.24, 2.45) is 0 Å². The molecule has 1 N–H and O–H groups in total. The Morgan fingerprint density at radius 3 is 2.53 bits per heavy atom. The minimum absolute atomic E-state index is 0.336. The van der Waals surface area contributed by atoms with Crippen LogP contribution in [0.15, 0.2) is 10.5 Å². The Balaban J connectivity index is 2.64. The second kappa shape index (κ2) is 4.92. The number of ether oxygens (including phenoxy) is 1. The lowest BCUT2D eigenvalue weighted by molar-refractivity contribution is -0.00258. The molecule has 1 heterocycles. The van der Waals surface area contributed by atoms with E-state index >= 15 is 0 Å². The molecular weight excluding hydrogens is 220 g/mol. The van der Waals surface area contributed by atoms with Crippen LogP contribution in [0.2, 0.25) is 0 Å². The van der Waals surface area contributed by atoms with Gasteiger partial charge in [0, 0.05) is 6.42 Å². The number of rotatable bonds is 4. The van der Waals surface area contributed by atoms with E-state index in [0.29, 0.717) is 23.5 Å². The van der Waals surface area contributed by atoms with Gasteiger partial charge in [-0.2, -0.15) is 0 Å². The number of aryl methyl sites for hydroxylation is 2. The van der Waals surface area contributed by atoms with Crippen molar-refractivity contribution in [3.8, 4) is 0 Å². The summed E-state index contributed by atoms with van der Waals surface area (Å²) in [6, 6.07) is 1.66. The third-order valence-corrected chi connectivity index (χ3v) is 2.36. The standard InChI is InChI=1S/C13H20O4/c1-8-6-11(10(3)16-8)12(14)17-9(2)7-13(4,5)15/h6,9,15H,7H2,1-5H3/t9-/m1/s1. The van der Waals surface area contributed by atoms with Gasteiger partial charge in [0.2, 0.25) is 0 Å². The van der Waals surface area contributed by atoms with Gasteiger partial charge >= 0.3 is 5.97 Å². The predicted octanol–water partition coefficient (Wildman–Crippen LogP) is 2.60. The van der Waals surface area contributed by atoms with Crippen molar-refractivity contribution in [2.45, 2.75) is 52.7 Å². The zero-order chi connectivity index (χ0) is 13.2. The number of carbonyl (C=O) groups excluding carboxylic acids is 1. The van der Waals surface area contributed by atoms with E-state index in [2.05, 4.69) is 0 Å². The van der Waals surface area contributed by atoms with Gasteiger partial charge in [-0.3, -0.25) is 0 Å². The molecule has 0 aromatic carbocycles. The first-order valence-corrected chi connectivity index (χ1v) is 5.69. The third kappa shape index (κ3) is 4.23. The molecular formula is C13H20O4. The maximum absolute atomic E-state index is 11.8. The summed E-state index contributed by atoms with van der Waals surface area (Å²) in [5, 5.41) is 9.62. The molecule has 0 aliphatic carbocycles. The molecule has 0 fully saturated rings. The predicted molar refractivity (Wildman–Crippen MR) is 64.0 cm³/mol. The Kier molecular flexibility index (Phi) is 3.98. The molecule has 0 saturated heterocycles. The van der Waals surface area contributed by atoms with Gasteiger partial charge < -0.3 is 14.3 Å². The quantitative estimate of drug-likeness (QED) is 0.822. The Bertz CT molecular complexity index is 398. The lowest BCUT2D eigenvalue weighted by Crippen LogP contribution is -2.27. The first-order valence-electron chi connectivity index (χ1n) is 5.69. The molecule has 0 aliphatic rings. The van der Waals surface area contributed by atoms with Crippen LogP contribution in [0.4, 0.5) is 0 Å². The fourth-order valence-electron chi connectivity index (χ4n) is 1.82. The highest BCUT2D eigenvalue weighted by atomic mass is 16.5. The Morgan fingerprint density at radius 1 is 1.53 bits per heavy atom. The monoisotopic (exact) mass is 240 g/mol. The number of carbonyl (C=O) groups is 1. The van der Waals surface area contributed by atoms with E-state index in [1.54, 1.807) is 40.7 Å². The SMILES string of the molecule is Cc1cc(C(=O)O[C@H](C)CC(C)(C)O)c(C)o1. The second-order valence-corrected chi connectivity index (χ2v) is 5.06. The molecule has 0 bridgehead atoms. The van der Waals surface area contributed by atoms with E-state index in [9.17, 15) is 9.90 Å². The summed E-state index contributed by atoms with van der Waals surface area (Å²) >= 11 is 0. The molecule has 4 nitrogen and oxygen atoms in total. The lowest BCUT2D eigenvalue weighted by Gasteiger charge is -2.22. The van der Waals surface area contributed by atoms with Crippen LogP contribution in [0.5, 0.6) is 0 Å². The minimum Gasteiger partial charge on any atom is -0.466 e. The van der Waals surface area contributed by atoms with E-state index in [1.807, 2.05) is 0 Å². The zero-order valence-electron chi connectivity index (χ0n) is 11.0. The van der Waals surface area contributed by atoms with Crippen LogP contribution >= 0.6 is 0 Å². The van der Waals surface area contributed by atoms with Crippen molar-refractivity contribution in [1.29, 1.82) is 0 Å². The van der Waals surface area contributed by atoms with Gasteiger partial charge in [0.1, 0.15) is 23.2 Å². The third-order valence-electron chi connectivity index (χ3n) is 2.36. The summed E-state index contributed by atoms with van der Waals surface area (Å²) in [5.41, 5.74) is -0.397. The van der Waals surface area contributed by atoms with E-state index in [1.165, 1.54) is 0 Å². The Hall–Kier alpha value is -1.29.